The van der Waals surface area contributed by atoms with Crippen LogP contribution in [0.2, 0.25) is 5.02 Å². The van der Waals surface area contributed by atoms with E-state index in [2.05, 4.69) is 15.2 Å². The van der Waals surface area contributed by atoms with Gasteiger partial charge < -0.3 is 15.0 Å². The molecule has 0 radical (unpaired) electrons. The van der Waals surface area contributed by atoms with Crippen molar-refractivity contribution in [3.05, 3.63) is 58.7 Å². The smallest absolute Gasteiger partial charge is 0.339 e. The highest BCUT2D eigenvalue weighted by atomic mass is 35.5. The van der Waals surface area contributed by atoms with E-state index in [0.29, 0.717) is 24.5 Å². The maximum atomic E-state index is 11.6. The molecule has 6 heteroatoms. The van der Waals surface area contributed by atoms with Crippen molar-refractivity contribution in [3.63, 3.8) is 0 Å². The number of esters is 1. The second-order valence-electron chi connectivity index (χ2n) is 5.53. The standard InChI is InChI=1S/C18H22ClN3O2/c1-4-24-18(23)13-9-10-17(20-11-13)21-12-16(22(2)3)14-7-5-6-8-15(14)19/h5-11,16H,4,12H2,1-3H3,(H,20,21). The van der Waals surface area contributed by atoms with Crippen molar-refractivity contribution >= 4 is 23.4 Å². The van der Waals surface area contributed by atoms with Gasteiger partial charge >= 0.3 is 5.97 Å². The Bertz CT molecular complexity index is 674. The fourth-order valence-corrected chi connectivity index (χ4v) is 2.61. The van der Waals surface area contributed by atoms with E-state index in [1.165, 1.54) is 6.20 Å². The van der Waals surface area contributed by atoms with E-state index in [-0.39, 0.29) is 12.0 Å². The van der Waals surface area contributed by atoms with E-state index < -0.39 is 0 Å². The van der Waals surface area contributed by atoms with Crippen LogP contribution in [-0.2, 0) is 4.74 Å². The number of rotatable bonds is 7. The molecule has 0 aliphatic rings. The molecule has 1 aromatic carbocycles. The number of nitrogens with zero attached hydrogens (tertiary/aromatic N) is 2. The van der Waals surface area contributed by atoms with Gasteiger partial charge in [-0.1, -0.05) is 29.8 Å². The molecule has 0 saturated heterocycles. The average molecular weight is 348 g/mol. The summed E-state index contributed by atoms with van der Waals surface area (Å²) < 4.78 is 4.95. The maximum absolute atomic E-state index is 11.6. The Kier molecular flexibility index (Phi) is 6.58. The van der Waals surface area contributed by atoms with Gasteiger partial charge in [0.05, 0.1) is 18.2 Å². The minimum Gasteiger partial charge on any atom is -0.462 e. The molecule has 0 bridgehead atoms. The van der Waals surface area contributed by atoms with Gasteiger partial charge in [-0.2, -0.15) is 0 Å². The van der Waals surface area contributed by atoms with Crippen molar-refractivity contribution in [3.8, 4) is 0 Å². The van der Waals surface area contributed by atoms with Gasteiger partial charge in [0.2, 0.25) is 0 Å². The fraction of sp³-hybridized carbons (Fsp3) is 0.333. The number of halogens is 1. The van der Waals surface area contributed by atoms with E-state index >= 15 is 0 Å². The van der Waals surface area contributed by atoms with E-state index in [9.17, 15) is 4.79 Å². The fourth-order valence-electron chi connectivity index (χ4n) is 2.35. The van der Waals surface area contributed by atoms with Crippen LogP contribution in [0.5, 0.6) is 0 Å². The zero-order chi connectivity index (χ0) is 17.5. The summed E-state index contributed by atoms with van der Waals surface area (Å²) in [5, 5.41) is 4.03. The Hall–Kier alpha value is -2.11. The van der Waals surface area contributed by atoms with Crippen LogP contribution >= 0.6 is 11.6 Å². The minimum absolute atomic E-state index is 0.102. The number of ether oxygens (including phenoxy) is 1. The lowest BCUT2D eigenvalue weighted by atomic mass is 10.1. The molecule has 0 aliphatic heterocycles. The predicted molar refractivity (Wildman–Crippen MR) is 96.6 cm³/mol. The molecule has 1 unspecified atom stereocenters. The first-order valence-electron chi connectivity index (χ1n) is 7.80. The number of aromatic nitrogens is 1. The topological polar surface area (TPSA) is 54.5 Å². The number of pyridine rings is 1. The van der Waals surface area contributed by atoms with Crippen LogP contribution in [0.15, 0.2) is 42.6 Å². The van der Waals surface area contributed by atoms with E-state index in [1.54, 1.807) is 19.1 Å². The SMILES string of the molecule is CCOC(=O)c1ccc(NCC(c2ccccc2Cl)N(C)C)nc1. The molecule has 1 heterocycles. The summed E-state index contributed by atoms with van der Waals surface area (Å²) in [6, 6.07) is 11.4. The highest BCUT2D eigenvalue weighted by molar-refractivity contribution is 6.31. The summed E-state index contributed by atoms with van der Waals surface area (Å²) in [4.78, 5) is 18.0. The largest absolute Gasteiger partial charge is 0.462 e. The second kappa shape index (κ2) is 8.66. The zero-order valence-electron chi connectivity index (χ0n) is 14.1. The van der Waals surface area contributed by atoms with Crippen LogP contribution in [0, 0.1) is 0 Å². The molecule has 128 valence electrons. The van der Waals surface area contributed by atoms with Gasteiger partial charge in [-0.3, -0.25) is 0 Å². The normalized spacial score (nSPS) is 12.0. The first-order chi connectivity index (χ1) is 11.5. The van der Waals surface area contributed by atoms with Crippen LogP contribution in [-0.4, -0.2) is 43.1 Å². The van der Waals surface area contributed by atoms with Crippen molar-refractivity contribution in [2.75, 3.05) is 32.6 Å². The minimum atomic E-state index is -0.362. The Balaban J connectivity index is 2.05. The number of anilines is 1. The van der Waals surface area contributed by atoms with Crippen molar-refractivity contribution in [2.24, 2.45) is 0 Å². The third-order valence-corrected chi connectivity index (χ3v) is 3.98. The zero-order valence-corrected chi connectivity index (χ0v) is 14.9. The van der Waals surface area contributed by atoms with Gasteiger partial charge in [-0.15, -0.1) is 0 Å². The third-order valence-electron chi connectivity index (χ3n) is 3.64. The van der Waals surface area contributed by atoms with E-state index in [4.69, 9.17) is 16.3 Å². The first kappa shape index (κ1) is 18.2. The number of carbonyl (C=O) groups is 1. The van der Waals surface area contributed by atoms with Crippen molar-refractivity contribution in [1.29, 1.82) is 0 Å². The van der Waals surface area contributed by atoms with Gasteiger partial charge in [0.25, 0.3) is 0 Å². The molecule has 0 saturated carbocycles. The molecule has 0 aliphatic carbocycles. The summed E-state index contributed by atoms with van der Waals surface area (Å²) in [7, 11) is 4.01. The molecule has 5 nitrogen and oxygen atoms in total. The lowest BCUT2D eigenvalue weighted by Gasteiger charge is -2.26. The van der Waals surface area contributed by atoms with Gasteiger partial charge in [0, 0.05) is 17.8 Å². The lowest BCUT2D eigenvalue weighted by molar-refractivity contribution is 0.0526. The molecule has 1 N–H and O–H groups in total. The van der Waals surface area contributed by atoms with Crippen molar-refractivity contribution in [1.82, 2.24) is 9.88 Å². The first-order valence-corrected chi connectivity index (χ1v) is 8.18. The predicted octanol–water partition coefficient (Wildman–Crippen LogP) is 3.63. The van der Waals surface area contributed by atoms with Crippen LogP contribution < -0.4 is 5.32 Å². The van der Waals surface area contributed by atoms with Crippen LogP contribution in [0.25, 0.3) is 0 Å². The Morgan fingerprint density at radius 3 is 2.62 bits per heavy atom. The Labute approximate surface area is 147 Å². The number of carbonyl (C=O) groups excluding carboxylic acids is 1. The van der Waals surface area contributed by atoms with E-state index in [1.807, 2.05) is 38.4 Å². The quantitative estimate of drug-likeness (QED) is 0.775. The molecule has 0 fully saturated rings. The second-order valence-corrected chi connectivity index (χ2v) is 5.94. The summed E-state index contributed by atoms with van der Waals surface area (Å²) >= 11 is 6.31. The van der Waals surface area contributed by atoms with Gasteiger partial charge in [-0.05, 0) is 44.8 Å². The molecular weight excluding hydrogens is 326 g/mol. The number of hydrogen-bond donors (Lipinski definition) is 1. The molecule has 0 spiro atoms. The highest BCUT2D eigenvalue weighted by Gasteiger charge is 2.17. The van der Waals surface area contributed by atoms with Crippen molar-refractivity contribution < 1.29 is 9.53 Å². The summed E-state index contributed by atoms with van der Waals surface area (Å²) in [5.41, 5.74) is 1.50. The van der Waals surface area contributed by atoms with Crippen LogP contribution in [0.4, 0.5) is 5.82 Å². The number of hydrogen-bond acceptors (Lipinski definition) is 5. The number of nitrogens with one attached hydrogen (secondary N) is 1. The van der Waals surface area contributed by atoms with Gasteiger partial charge in [-0.25, -0.2) is 9.78 Å². The molecule has 2 rings (SSSR count). The molecule has 1 aromatic heterocycles. The molecular formula is C18H22ClN3O2. The van der Waals surface area contributed by atoms with Gasteiger partial charge in [0.15, 0.2) is 0 Å². The third kappa shape index (κ3) is 4.69. The Morgan fingerprint density at radius 2 is 2.04 bits per heavy atom. The van der Waals surface area contributed by atoms with Crippen molar-refractivity contribution in [2.45, 2.75) is 13.0 Å². The van der Waals surface area contributed by atoms with E-state index in [0.717, 1.165) is 10.6 Å². The number of benzene rings is 1. The van der Waals surface area contributed by atoms with Gasteiger partial charge in [0.1, 0.15) is 5.82 Å². The molecule has 0 amide bonds. The average Bonchev–Trinajstić information content (AvgIpc) is 2.57. The Morgan fingerprint density at radius 1 is 1.29 bits per heavy atom. The van der Waals surface area contributed by atoms with Crippen LogP contribution in [0.1, 0.15) is 28.9 Å². The number of likely N-dealkylation sites (N-methyl/N-ethyl adjacent to an activating group) is 1. The molecule has 1 atom stereocenters. The maximum Gasteiger partial charge on any atom is 0.339 e. The summed E-state index contributed by atoms with van der Waals surface area (Å²) in [5.74, 6) is 0.334. The molecule has 24 heavy (non-hydrogen) atoms. The monoisotopic (exact) mass is 347 g/mol. The van der Waals surface area contributed by atoms with Crippen LogP contribution in [0.3, 0.4) is 0 Å². The highest BCUT2D eigenvalue weighted by Crippen LogP contribution is 2.26. The lowest BCUT2D eigenvalue weighted by Crippen LogP contribution is -2.27. The summed E-state index contributed by atoms with van der Waals surface area (Å²) in [6.45, 7) is 2.76. The molecule has 2 aromatic rings. The summed E-state index contributed by atoms with van der Waals surface area (Å²) in [6.07, 6.45) is 1.51.